The average Bonchev–Trinajstić information content (AvgIpc) is 2.03. The zero-order valence-corrected chi connectivity index (χ0v) is 11.4. The summed E-state index contributed by atoms with van der Waals surface area (Å²) < 4.78 is 0. The highest BCUT2D eigenvalue weighted by Gasteiger charge is 2.12. The molecule has 72 valence electrons. The number of benzene rings is 1. The normalized spacial score (nSPS) is 14.5. The van der Waals surface area contributed by atoms with E-state index in [-0.39, 0.29) is 5.41 Å². The predicted octanol–water partition coefficient (Wildman–Crippen LogP) is 2.41. The quantitative estimate of drug-likeness (QED) is 0.600. The molecule has 0 N–H and O–H groups in total. The van der Waals surface area contributed by atoms with E-state index in [9.17, 15) is 0 Å². The highest BCUT2D eigenvalue weighted by molar-refractivity contribution is 6.12. The minimum absolute atomic E-state index is 0.285. The molecule has 1 aromatic carbocycles. The maximum Gasteiger partial charge on any atom is 0.0119 e. The van der Waals surface area contributed by atoms with Crippen LogP contribution in [0.15, 0.2) is 24.3 Å². The Morgan fingerprint density at radius 3 is 1.85 bits per heavy atom. The highest BCUT2D eigenvalue weighted by Crippen LogP contribution is 2.23. The Morgan fingerprint density at radius 2 is 1.54 bits per heavy atom. The van der Waals surface area contributed by atoms with Crippen LogP contribution in [0.25, 0.3) is 0 Å². The van der Waals surface area contributed by atoms with E-state index in [1.165, 1.54) is 21.4 Å². The number of rotatable bonds is 1. The van der Waals surface area contributed by atoms with Crippen molar-refractivity contribution in [2.24, 2.45) is 0 Å². The molecule has 1 aromatic rings. The Kier molecular flexibility index (Phi) is 2.97. The second kappa shape index (κ2) is 3.67. The summed E-state index contributed by atoms with van der Waals surface area (Å²) in [4.78, 5) is 0. The van der Waals surface area contributed by atoms with Crippen LogP contribution in [-0.4, -0.2) is 10.2 Å². The largest absolute Gasteiger partial charge is 0.0618 e. The van der Waals surface area contributed by atoms with Crippen molar-refractivity contribution in [2.45, 2.75) is 38.7 Å². The summed E-state index contributed by atoms with van der Waals surface area (Å²) in [6, 6.07) is 9.09. The van der Waals surface area contributed by atoms with Crippen LogP contribution in [0.1, 0.15) is 44.4 Å². The van der Waals surface area contributed by atoms with Gasteiger partial charge in [-0.05, 0) is 22.1 Å². The maximum absolute atomic E-state index is 2.29. The number of hydrogen-bond acceptors (Lipinski definition) is 0. The van der Waals surface area contributed by atoms with Gasteiger partial charge in [-0.3, -0.25) is 0 Å². The summed E-state index contributed by atoms with van der Waals surface area (Å²) in [5, 5.41) is 0. The van der Waals surface area contributed by atoms with Gasteiger partial charge in [-0.15, -0.1) is 0 Å². The lowest BCUT2D eigenvalue weighted by molar-refractivity contribution is 0.590. The molecule has 13 heavy (non-hydrogen) atoms. The van der Waals surface area contributed by atoms with Gasteiger partial charge in [-0.2, -0.15) is 0 Å². The Morgan fingerprint density at radius 1 is 1.08 bits per heavy atom. The van der Waals surface area contributed by atoms with E-state index in [2.05, 4.69) is 52.0 Å². The highest BCUT2D eigenvalue weighted by atomic mass is 28.1. The Bertz CT molecular complexity index is 264. The van der Waals surface area contributed by atoms with E-state index in [0.29, 0.717) is 0 Å². The molecule has 1 atom stereocenters. The van der Waals surface area contributed by atoms with Crippen molar-refractivity contribution >= 4 is 10.2 Å². The standard InChI is InChI=1S/C12H20Si/c1-9(13)10-5-7-11(8-6-10)12(2,3)4/h5-9H,1-4,13H3. The van der Waals surface area contributed by atoms with E-state index in [1.54, 1.807) is 0 Å². The van der Waals surface area contributed by atoms with Gasteiger partial charge in [-0.1, -0.05) is 52.0 Å². The molecule has 0 aliphatic rings. The lowest BCUT2D eigenvalue weighted by atomic mass is 9.86. The minimum Gasteiger partial charge on any atom is -0.0618 e. The lowest BCUT2D eigenvalue weighted by Gasteiger charge is -2.19. The average molecular weight is 192 g/mol. The van der Waals surface area contributed by atoms with Gasteiger partial charge in [0.25, 0.3) is 0 Å². The van der Waals surface area contributed by atoms with Crippen molar-refractivity contribution in [1.29, 1.82) is 0 Å². The zero-order chi connectivity index (χ0) is 10.1. The first-order chi connectivity index (χ1) is 5.91. The molecule has 0 bridgehead atoms. The fourth-order valence-corrected chi connectivity index (χ4v) is 1.75. The van der Waals surface area contributed by atoms with Gasteiger partial charge in [0.15, 0.2) is 0 Å². The first-order valence-corrected chi connectivity index (χ1v) is 6.17. The molecule has 0 aromatic heterocycles. The van der Waals surface area contributed by atoms with Gasteiger partial charge in [-0.25, -0.2) is 0 Å². The van der Waals surface area contributed by atoms with E-state index in [1.807, 2.05) is 0 Å². The maximum atomic E-state index is 2.29. The lowest BCUT2D eigenvalue weighted by Crippen LogP contribution is -2.10. The van der Waals surface area contributed by atoms with Gasteiger partial charge < -0.3 is 0 Å². The molecule has 0 aliphatic heterocycles. The van der Waals surface area contributed by atoms with Gasteiger partial charge in [0.05, 0.1) is 0 Å². The van der Waals surface area contributed by atoms with Crippen LogP contribution in [0.4, 0.5) is 0 Å². The fourth-order valence-electron chi connectivity index (χ4n) is 1.37. The monoisotopic (exact) mass is 192 g/mol. The molecule has 1 heteroatoms. The fraction of sp³-hybridized carbons (Fsp3) is 0.500. The SMILES string of the molecule is CC([SiH3])c1ccc(C(C)(C)C)cc1. The van der Waals surface area contributed by atoms with Crippen molar-refractivity contribution < 1.29 is 0 Å². The van der Waals surface area contributed by atoms with Gasteiger partial charge in [0, 0.05) is 10.2 Å². The van der Waals surface area contributed by atoms with Gasteiger partial charge in [0.2, 0.25) is 0 Å². The second-order valence-corrected chi connectivity index (χ2v) is 6.76. The molecule has 0 spiro atoms. The molecule has 1 rings (SSSR count). The smallest absolute Gasteiger partial charge is 0.0119 e. The first kappa shape index (κ1) is 10.5. The molecular weight excluding hydrogens is 172 g/mol. The van der Waals surface area contributed by atoms with Crippen LogP contribution in [0.2, 0.25) is 0 Å². The van der Waals surface area contributed by atoms with Crippen molar-refractivity contribution in [3.63, 3.8) is 0 Å². The van der Waals surface area contributed by atoms with Crippen molar-refractivity contribution in [3.05, 3.63) is 35.4 Å². The third-order valence-electron chi connectivity index (χ3n) is 2.44. The van der Waals surface area contributed by atoms with E-state index < -0.39 is 0 Å². The van der Waals surface area contributed by atoms with E-state index in [0.717, 1.165) is 5.54 Å². The summed E-state index contributed by atoms with van der Waals surface area (Å²) in [6.45, 7) is 9.06. The van der Waals surface area contributed by atoms with Crippen LogP contribution in [0.3, 0.4) is 0 Å². The van der Waals surface area contributed by atoms with E-state index in [4.69, 9.17) is 0 Å². The van der Waals surface area contributed by atoms with Crippen LogP contribution in [-0.2, 0) is 5.41 Å². The minimum atomic E-state index is 0.285. The molecule has 0 amide bonds. The zero-order valence-electron chi connectivity index (χ0n) is 9.39. The molecule has 0 nitrogen and oxygen atoms in total. The Hall–Kier alpha value is -0.563. The van der Waals surface area contributed by atoms with Crippen LogP contribution in [0.5, 0.6) is 0 Å². The topological polar surface area (TPSA) is 0 Å². The predicted molar refractivity (Wildman–Crippen MR) is 63.5 cm³/mol. The third kappa shape index (κ3) is 2.70. The Balaban J connectivity index is 2.94. The van der Waals surface area contributed by atoms with Crippen molar-refractivity contribution in [3.8, 4) is 0 Å². The molecular formula is C12H20Si. The van der Waals surface area contributed by atoms with Crippen LogP contribution >= 0.6 is 0 Å². The summed E-state index contributed by atoms with van der Waals surface area (Å²) in [5.41, 5.74) is 3.97. The van der Waals surface area contributed by atoms with E-state index >= 15 is 0 Å². The van der Waals surface area contributed by atoms with Gasteiger partial charge >= 0.3 is 0 Å². The summed E-state index contributed by atoms with van der Waals surface area (Å²) in [5.74, 6) is 0. The number of hydrogen-bond donors (Lipinski definition) is 0. The first-order valence-electron chi connectivity index (χ1n) is 5.01. The molecule has 0 saturated carbocycles. The Labute approximate surface area is 84.8 Å². The summed E-state index contributed by atoms with van der Waals surface area (Å²) in [6.07, 6.45) is 0. The van der Waals surface area contributed by atoms with Crippen molar-refractivity contribution in [2.75, 3.05) is 0 Å². The summed E-state index contributed by atoms with van der Waals surface area (Å²) >= 11 is 0. The third-order valence-corrected chi connectivity index (χ3v) is 3.11. The molecule has 0 saturated heterocycles. The van der Waals surface area contributed by atoms with Gasteiger partial charge in [0.1, 0.15) is 0 Å². The van der Waals surface area contributed by atoms with Crippen molar-refractivity contribution in [1.82, 2.24) is 0 Å². The van der Waals surface area contributed by atoms with Crippen LogP contribution < -0.4 is 0 Å². The molecule has 0 fully saturated rings. The second-order valence-electron chi connectivity index (χ2n) is 5.03. The summed E-state index contributed by atoms with van der Waals surface area (Å²) in [7, 11) is 1.24. The molecule has 1 unspecified atom stereocenters. The molecule has 0 heterocycles. The molecule has 0 aliphatic carbocycles. The molecule has 0 radical (unpaired) electrons. The van der Waals surface area contributed by atoms with Crippen LogP contribution in [0, 0.1) is 0 Å².